The molecule has 0 radical (unpaired) electrons. The Morgan fingerprint density at radius 2 is 1.98 bits per heavy atom. The van der Waals surface area contributed by atoms with E-state index in [0.29, 0.717) is 47.9 Å². The molecule has 0 aliphatic carbocycles. The number of ether oxygens (including phenoxy) is 2. The summed E-state index contributed by atoms with van der Waals surface area (Å²) in [6.07, 6.45) is -2.22. The first-order valence-electron chi connectivity index (χ1n) is 12.1. The van der Waals surface area contributed by atoms with E-state index >= 15 is 0 Å². The molecule has 1 fully saturated rings. The molecular formula is C24H23F3N8O4S. The van der Waals surface area contributed by atoms with Gasteiger partial charge in [0.05, 0.1) is 40.9 Å². The third-order valence-electron chi connectivity index (χ3n) is 5.81. The predicted octanol–water partition coefficient (Wildman–Crippen LogP) is 4.16. The van der Waals surface area contributed by atoms with Crippen molar-refractivity contribution in [3.8, 4) is 16.3 Å². The number of benzene rings is 1. The summed E-state index contributed by atoms with van der Waals surface area (Å²) < 4.78 is 49.6. The molecule has 1 saturated heterocycles. The number of halogens is 3. The number of hydrogen-bond donors (Lipinski definition) is 4. The minimum Gasteiger partial charge on any atom is -0.409 e. The van der Waals surface area contributed by atoms with E-state index in [2.05, 4.69) is 41.0 Å². The molecule has 1 aliphatic heterocycles. The van der Waals surface area contributed by atoms with Crippen molar-refractivity contribution in [1.29, 1.82) is 0 Å². The maximum Gasteiger partial charge on any atom is 0.416 e. The van der Waals surface area contributed by atoms with Gasteiger partial charge in [0, 0.05) is 44.1 Å². The maximum absolute atomic E-state index is 12.9. The number of pyridine rings is 1. The predicted molar refractivity (Wildman–Crippen MR) is 140 cm³/mol. The lowest BCUT2D eigenvalue weighted by molar-refractivity contribution is -0.137. The van der Waals surface area contributed by atoms with Crippen molar-refractivity contribution in [1.82, 2.24) is 30.4 Å². The summed E-state index contributed by atoms with van der Waals surface area (Å²) in [5, 5.41) is 15.0. The highest BCUT2D eigenvalue weighted by molar-refractivity contribution is 7.19. The van der Waals surface area contributed by atoms with Gasteiger partial charge in [-0.25, -0.2) is 19.6 Å². The molecule has 0 atom stereocenters. The third kappa shape index (κ3) is 6.83. The van der Waals surface area contributed by atoms with Crippen molar-refractivity contribution >= 4 is 45.3 Å². The molecule has 1 aromatic carbocycles. The van der Waals surface area contributed by atoms with Gasteiger partial charge in [-0.05, 0) is 18.2 Å². The van der Waals surface area contributed by atoms with Crippen LogP contribution in [0.3, 0.4) is 0 Å². The van der Waals surface area contributed by atoms with E-state index in [0.717, 1.165) is 36.6 Å². The van der Waals surface area contributed by atoms with Crippen LogP contribution in [0, 0.1) is 0 Å². The van der Waals surface area contributed by atoms with Crippen molar-refractivity contribution < 1.29 is 32.2 Å². The Morgan fingerprint density at radius 3 is 2.77 bits per heavy atom. The maximum atomic E-state index is 12.9. The SMILES string of the molecule is O=C(Nc1cccc(C(F)(F)F)c1)Nc1ncc(-c2cc(OC(=O)NCCN3CCOCC3)c3cn[nH]c3n2)s1. The largest absolute Gasteiger partial charge is 0.416 e. The van der Waals surface area contributed by atoms with Crippen LogP contribution in [-0.2, 0) is 10.9 Å². The number of rotatable bonds is 7. The third-order valence-corrected chi connectivity index (χ3v) is 6.75. The summed E-state index contributed by atoms with van der Waals surface area (Å²) in [5.74, 6) is 0.225. The number of alkyl halides is 3. The molecule has 4 N–H and O–H groups in total. The van der Waals surface area contributed by atoms with E-state index in [1.807, 2.05) is 0 Å². The van der Waals surface area contributed by atoms with Gasteiger partial charge >= 0.3 is 18.3 Å². The number of hydrogen-bond acceptors (Lipinski definition) is 9. The first-order chi connectivity index (χ1) is 19.2. The fourth-order valence-corrected chi connectivity index (χ4v) is 4.64. The van der Waals surface area contributed by atoms with Crippen LogP contribution in [-0.4, -0.2) is 76.6 Å². The molecule has 4 aromatic rings. The zero-order valence-electron chi connectivity index (χ0n) is 20.7. The highest BCUT2D eigenvalue weighted by Crippen LogP contribution is 2.34. The first kappa shape index (κ1) is 27.3. The summed E-state index contributed by atoms with van der Waals surface area (Å²) >= 11 is 1.07. The molecule has 0 saturated carbocycles. The average Bonchev–Trinajstić information content (AvgIpc) is 3.59. The quantitative estimate of drug-likeness (QED) is 0.257. The first-order valence-corrected chi connectivity index (χ1v) is 12.9. The molecule has 0 bridgehead atoms. The van der Waals surface area contributed by atoms with Crippen molar-refractivity contribution in [2.45, 2.75) is 6.18 Å². The number of urea groups is 1. The number of fused-ring (bicyclic) bond motifs is 1. The number of nitrogens with one attached hydrogen (secondary N) is 4. The standard InChI is InChI=1S/C24H23F3N8O4S/c25-24(26,27)14-2-1-3-15(10-14)31-21(36)33-22-29-13-19(40-22)17-11-18(16-12-30-34-20(16)32-17)39-23(37)28-4-5-35-6-8-38-9-7-35/h1-3,10-13H,4-9H2,(H,28,37)(H,30,32,34)(H2,29,31,33,36). The van der Waals surface area contributed by atoms with Crippen molar-refractivity contribution in [2.75, 3.05) is 50.0 Å². The molecule has 210 valence electrons. The van der Waals surface area contributed by atoms with E-state index in [1.165, 1.54) is 24.5 Å². The van der Waals surface area contributed by atoms with Crippen LogP contribution in [0.4, 0.5) is 33.6 Å². The zero-order chi connectivity index (χ0) is 28.1. The minimum absolute atomic E-state index is 0.0273. The Labute approximate surface area is 228 Å². The molecule has 1 aliphatic rings. The molecule has 3 aromatic heterocycles. The molecule has 16 heteroatoms. The number of carbonyl (C=O) groups excluding carboxylic acids is 2. The summed E-state index contributed by atoms with van der Waals surface area (Å²) in [7, 11) is 0. The lowest BCUT2D eigenvalue weighted by Gasteiger charge is -2.26. The van der Waals surface area contributed by atoms with Crippen LogP contribution < -0.4 is 20.7 Å². The smallest absolute Gasteiger partial charge is 0.409 e. The number of morpholine rings is 1. The van der Waals surface area contributed by atoms with Gasteiger partial charge in [-0.3, -0.25) is 15.3 Å². The van der Waals surface area contributed by atoms with Gasteiger partial charge in [0.2, 0.25) is 0 Å². The Morgan fingerprint density at radius 1 is 1.15 bits per heavy atom. The van der Waals surface area contributed by atoms with Gasteiger partial charge in [-0.2, -0.15) is 18.3 Å². The number of anilines is 2. The number of aromatic nitrogens is 4. The van der Waals surface area contributed by atoms with Crippen LogP contribution in [0.25, 0.3) is 21.6 Å². The minimum atomic E-state index is -4.53. The van der Waals surface area contributed by atoms with Crippen LogP contribution in [0.15, 0.2) is 42.7 Å². The summed E-state index contributed by atoms with van der Waals surface area (Å²) in [6.45, 7) is 4.00. The van der Waals surface area contributed by atoms with Gasteiger partial charge in [-0.1, -0.05) is 17.4 Å². The normalized spacial score (nSPS) is 14.2. The molecule has 3 amide bonds. The number of H-pyrrole nitrogens is 1. The molecule has 0 unspecified atom stereocenters. The molecule has 12 nitrogen and oxygen atoms in total. The summed E-state index contributed by atoms with van der Waals surface area (Å²) in [4.78, 5) is 36.1. The lowest BCUT2D eigenvalue weighted by atomic mass is 10.2. The van der Waals surface area contributed by atoms with Gasteiger partial charge in [0.25, 0.3) is 0 Å². The number of nitrogens with zero attached hydrogens (tertiary/aromatic N) is 4. The molecule has 5 rings (SSSR count). The van der Waals surface area contributed by atoms with Crippen molar-refractivity contribution in [3.05, 3.63) is 48.3 Å². The molecular weight excluding hydrogens is 553 g/mol. The Bertz CT molecular complexity index is 1500. The second-order valence-corrected chi connectivity index (χ2v) is 9.63. The van der Waals surface area contributed by atoms with Gasteiger partial charge in [-0.15, -0.1) is 0 Å². The number of thiazole rings is 1. The Balaban J connectivity index is 1.23. The van der Waals surface area contributed by atoms with Crippen LogP contribution in [0.2, 0.25) is 0 Å². The van der Waals surface area contributed by atoms with Crippen molar-refractivity contribution in [3.63, 3.8) is 0 Å². The zero-order valence-corrected chi connectivity index (χ0v) is 21.6. The average molecular weight is 577 g/mol. The number of amides is 3. The van der Waals surface area contributed by atoms with Gasteiger partial charge < -0.3 is 20.1 Å². The second kappa shape index (κ2) is 11.8. The van der Waals surface area contributed by atoms with Crippen molar-refractivity contribution in [2.24, 2.45) is 0 Å². The van der Waals surface area contributed by atoms with Gasteiger partial charge in [0.15, 0.2) is 10.8 Å². The summed E-state index contributed by atoms with van der Waals surface area (Å²) in [6, 6.07) is 5.06. The second-order valence-electron chi connectivity index (χ2n) is 8.60. The monoisotopic (exact) mass is 576 g/mol. The molecule has 40 heavy (non-hydrogen) atoms. The number of aromatic amines is 1. The van der Waals surface area contributed by atoms with E-state index in [-0.39, 0.29) is 16.6 Å². The Kier molecular flexibility index (Phi) is 8.09. The number of carbonyl (C=O) groups is 2. The fourth-order valence-electron chi connectivity index (χ4n) is 3.87. The van der Waals surface area contributed by atoms with Crippen LogP contribution in [0.1, 0.15) is 5.56 Å². The van der Waals surface area contributed by atoms with Crippen LogP contribution in [0.5, 0.6) is 5.75 Å². The van der Waals surface area contributed by atoms with E-state index < -0.39 is 23.9 Å². The highest BCUT2D eigenvalue weighted by atomic mass is 32.1. The highest BCUT2D eigenvalue weighted by Gasteiger charge is 2.30. The topological polar surface area (TPSA) is 146 Å². The Hall–Kier alpha value is -4.28. The van der Waals surface area contributed by atoms with E-state index in [1.54, 1.807) is 6.07 Å². The fraction of sp³-hybridized carbons (Fsp3) is 0.292. The lowest BCUT2D eigenvalue weighted by Crippen LogP contribution is -2.41. The van der Waals surface area contributed by atoms with E-state index in [4.69, 9.17) is 9.47 Å². The molecule has 4 heterocycles. The molecule has 0 spiro atoms. The van der Waals surface area contributed by atoms with Crippen LogP contribution >= 0.6 is 11.3 Å². The van der Waals surface area contributed by atoms with E-state index in [9.17, 15) is 22.8 Å². The summed E-state index contributed by atoms with van der Waals surface area (Å²) in [5.41, 5.74) is -0.137. The van der Waals surface area contributed by atoms with Gasteiger partial charge in [0.1, 0.15) is 5.75 Å².